The predicted octanol–water partition coefficient (Wildman–Crippen LogP) is 2.11. The molecule has 0 aliphatic carbocycles. The second-order valence-corrected chi connectivity index (χ2v) is 7.70. The molecule has 1 aliphatic heterocycles. The van der Waals surface area contributed by atoms with E-state index < -0.39 is 0 Å². The molecule has 2 unspecified atom stereocenters. The van der Waals surface area contributed by atoms with E-state index in [0.29, 0.717) is 21.6 Å². The minimum Gasteiger partial charge on any atom is -0.351 e. The van der Waals surface area contributed by atoms with Crippen molar-refractivity contribution in [2.24, 2.45) is 5.92 Å². The van der Waals surface area contributed by atoms with Gasteiger partial charge in [0.2, 0.25) is 5.91 Å². The van der Waals surface area contributed by atoms with E-state index in [0.717, 1.165) is 19.5 Å². The average Bonchev–Trinajstić information content (AvgIpc) is 3.21. The molecule has 1 fully saturated rings. The molecule has 128 valence electrons. The van der Waals surface area contributed by atoms with E-state index >= 15 is 0 Å². The van der Waals surface area contributed by atoms with E-state index in [4.69, 9.17) is 0 Å². The van der Waals surface area contributed by atoms with Gasteiger partial charge in [0.1, 0.15) is 0 Å². The van der Waals surface area contributed by atoms with Gasteiger partial charge < -0.3 is 10.6 Å². The molecule has 0 radical (unpaired) electrons. The fourth-order valence-electron chi connectivity index (χ4n) is 2.62. The minimum absolute atomic E-state index is 0.0306. The van der Waals surface area contributed by atoms with Crippen LogP contribution in [0.15, 0.2) is 22.9 Å². The summed E-state index contributed by atoms with van der Waals surface area (Å²) in [7, 11) is 0. The van der Waals surface area contributed by atoms with E-state index in [2.05, 4.69) is 27.9 Å². The summed E-state index contributed by atoms with van der Waals surface area (Å²) in [6.45, 7) is 3.98. The summed E-state index contributed by atoms with van der Waals surface area (Å²) in [4.78, 5) is 29.1. The zero-order valence-corrected chi connectivity index (χ0v) is 15.0. The zero-order chi connectivity index (χ0) is 16.9. The van der Waals surface area contributed by atoms with Crippen LogP contribution in [-0.4, -0.2) is 35.9 Å². The molecule has 2 aromatic heterocycles. The molecule has 3 N–H and O–H groups in total. The SMILES string of the molecule is CC1CCNCC1NC(=O)Cc1csc(NC(=O)c2cccs2)n1. The van der Waals surface area contributed by atoms with Gasteiger partial charge in [0.25, 0.3) is 5.91 Å². The van der Waals surface area contributed by atoms with Gasteiger partial charge in [-0.2, -0.15) is 0 Å². The Bertz CT molecular complexity index is 699. The Morgan fingerprint density at radius 3 is 3.04 bits per heavy atom. The Hall–Kier alpha value is -1.77. The summed E-state index contributed by atoms with van der Waals surface area (Å²) in [5, 5.41) is 13.3. The number of anilines is 1. The van der Waals surface area contributed by atoms with Gasteiger partial charge in [-0.25, -0.2) is 4.98 Å². The third kappa shape index (κ3) is 4.40. The second kappa shape index (κ2) is 7.87. The molecular formula is C16H20N4O2S2. The van der Waals surface area contributed by atoms with Crippen LogP contribution in [0.1, 0.15) is 28.7 Å². The van der Waals surface area contributed by atoms with Crippen molar-refractivity contribution in [2.75, 3.05) is 18.4 Å². The number of hydrogen-bond donors (Lipinski definition) is 3. The number of carbonyl (C=O) groups is 2. The molecule has 24 heavy (non-hydrogen) atoms. The number of aromatic nitrogens is 1. The molecule has 1 saturated heterocycles. The molecule has 3 heterocycles. The van der Waals surface area contributed by atoms with Crippen LogP contribution >= 0.6 is 22.7 Å². The first-order valence-electron chi connectivity index (χ1n) is 7.91. The number of rotatable bonds is 5. The van der Waals surface area contributed by atoms with E-state index in [9.17, 15) is 9.59 Å². The third-order valence-corrected chi connectivity index (χ3v) is 5.71. The number of nitrogens with zero attached hydrogens (tertiary/aromatic N) is 1. The summed E-state index contributed by atoms with van der Waals surface area (Å²) in [6, 6.07) is 3.77. The van der Waals surface area contributed by atoms with Crippen LogP contribution in [0.2, 0.25) is 0 Å². The molecule has 0 saturated carbocycles. The molecule has 3 rings (SSSR count). The first-order valence-corrected chi connectivity index (χ1v) is 9.67. The van der Waals surface area contributed by atoms with Crippen LogP contribution < -0.4 is 16.0 Å². The maximum absolute atomic E-state index is 12.2. The highest BCUT2D eigenvalue weighted by molar-refractivity contribution is 7.14. The second-order valence-electron chi connectivity index (χ2n) is 5.90. The molecular weight excluding hydrogens is 344 g/mol. The Morgan fingerprint density at radius 2 is 2.29 bits per heavy atom. The van der Waals surface area contributed by atoms with E-state index in [-0.39, 0.29) is 24.3 Å². The molecule has 0 spiro atoms. The Labute approximate surface area is 148 Å². The number of piperidine rings is 1. The van der Waals surface area contributed by atoms with Gasteiger partial charge in [0.05, 0.1) is 17.0 Å². The average molecular weight is 364 g/mol. The maximum Gasteiger partial charge on any atom is 0.267 e. The first kappa shape index (κ1) is 17.1. The zero-order valence-electron chi connectivity index (χ0n) is 13.4. The molecule has 1 aliphatic rings. The van der Waals surface area contributed by atoms with E-state index in [1.165, 1.54) is 22.7 Å². The van der Waals surface area contributed by atoms with E-state index in [1.807, 2.05) is 16.8 Å². The van der Waals surface area contributed by atoms with Crippen LogP contribution in [0.5, 0.6) is 0 Å². The molecule has 6 nitrogen and oxygen atoms in total. The van der Waals surface area contributed by atoms with Crippen molar-refractivity contribution in [1.29, 1.82) is 0 Å². The standard InChI is InChI=1S/C16H20N4O2S2/c1-10-4-5-17-8-12(10)19-14(21)7-11-9-24-16(18-11)20-15(22)13-3-2-6-23-13/h2-3,6,9-10,12,17H,4-5,7-8H2,1H3,(H,19,21)(H,18,20,22). The van der Waals surface area contributed by atoms with Gasteiger partial charge >= 0.3 is 0 Å². The van der Waals surface area contributed by atoms with Gasteiger partial charge in [-0.1, -0.05) is 13.0 Å². The lowest BCUT2D eigenvalue weighted by Crippen LogP contribution is -2.50. The van der Waals surface area contributed by atoms with Crippen LogP contribution in [0, 0.1) is 5.92 Å². The fraction of sp³-hybridized carbons (Fsp3) is 0.438. The first-order chi connectivity index (χ1) is 11.6. The monoisotopic (exact) mass is 364 g/mol. The number of carbonyl (C=O) groups excluding carboxylic acids is 2. The van der Waals surface area contributed by atoms with Gasteiger partial charge in [0, 0.05) is 18.0 Å². The highest BCUT2D eigenvalue weighted by atomic mass is 32.1. The van der Waals surface area contributed by atoms with Crippen molar-refractivity contribution in [2.45, 2.75) is 25.8 Å². The molecule has 0 bridgehead atoms. The van der Waals surface area contributed by atoms with Crippen molar-refractivity contribution >= 4 is 39.6 Å². The Balaban J connectivity index is 1.52. The van der Waals surface area contributed by atoms with Crippen molar-refractivity contribution in [1.82, 2.24) is 15.6 Å². The number of thiophene rings is 1. The van der Waals surface area contributed by atoms with Gasteiger partial charge in [-0.3, -0.25) is 14.9 Å². The van der Waals surface area contributed by atoms with Crippen molar-refractivity contribution < 1.29 is 9.59 Å². The largest absolute Gasteiger partial charge is 0.351 e. The van der Waals surface area contributed by atoms with Crippen LogP contribution in [0.3, 0.4) is 0 Å². The van der Waals surface area contributed by atoms with Crippen molar-refractivity contribution in [3.63, 3.8) is 0 Å². The molecule has 2 amide bonds. The summed E-state index contributed by atoms with van der Waals surface area (Å²) in [5.74, 6) is 0.278. The fourth-order valence-corrected chi connectivity index (χ4v) is 3.94. The van der Waals surface area contributed by atoms with Crippen LogP contribution in [0.4, 0.5) is 5.13 Å². The topological polar surface area (TPSA) is 83.1 Å². The maximum atomic E-state index is 12.2. The van der Waals surface area contributed by atoms with Gasteiger partial charge in [-0.15, -0.1) is 22.7 Å². The number of amides is 2. The molecule has 8 heteroatoms. The summed E-state index contributed by atoms with van der Waals surface area (Å²) in [6.07, 6.45) is 1.30. The smallest absolute Gasteiger partial charge is 0.267 e. The van der Waals surface area contributed by atoms with Crippen molar-refractivity contribution in [3.8, 4) is 0 Å². The van der Waals surface area contributed by atoms with Gasteiger partial charge in [-0.05, 0) is 30.3 Å². The quantitative estimate of drug-likeness (QED) is 0.759. The number of nitrogens with one attached hydrogen (secondary N) is 3. The molecule has 0 aromatic carbocycles. The lowest BCUT2D eigenvalue weighted by Gasteiger charge is -2.30. The highest BCUT2D eigenvalue weighted by Gasteiger charge is 2.22. The molecule has 2 atom stereocenters. The minimum atomic E-state index is -0.169. The molecule has 2 aromatic rings. The lowest BCUT2D eigenvalue weighted by atomic mass is 9.95. The van der Waals surface area contributed by atoms with E-state index in [1.54, 1.807) is 6.07 Å². The summed E-state index contributed by atoms with van der Waals surface area (Å²) >= 11 is 2.72. The summed E-state index contributed by atoms with van der Waals surface area (Å²) < 4.78 is 0. The van der Waals surface area contributed by atoms with Crippen LogP contribution in [0.25, 0.3) is 0 Å². The van der Waals surface area contributed by atoms with Crippen LogP contribution in [-0.2, 0) is 11.2 Å². The van der Waals surface area contributed by atoms with Gasteiger partial charge in [0.15, 0.2) is 5.13 Å². The normalized spacial score (nSPS) is 20.5. The van der Waals surface area contributed by atoms with Crippen molar-refractivity contribution in [3.05, 3.63) is 33.5 Å². The number of hydrogen-bond acceptors (Lipinski definition) is 6. The highest BCUT2D eigenvalue weighted by Crippen LogP contribution is 2.18. The summed E-state index contributed by atoms with van der Waals surface area (Å²) in [5.41, 5.74) is 0.676. The third-order valence-electron chi connectivity index (χ3n) is 4.03. The lowest BCUT2D eigenvalue weighted by molar-refractivity contribution is -0.121. The number of thiazole rings is 1. The predicted molar refractivity (Wildman–Crippen MR) is 96.7 cm³/mol. The Kier molecular flexibility index (Phi) is 5.60. The Morgan fingerprint density at radius 1 is 1.42 bits per heavy atom.